The predicted molar refractivity (Wildman–Crippen MR) is 110 cm³/mol. The largest absolute Gasteiger partial charge is 0.493 e. The first-order valence-corrected chi connectivity index (χ1v) is 9.51. The molecule has 0 saturated heterocycles. The number of carbonyl (C=O) groups is 2. The highest BCUT2D eigenvalue weighted by Gasteiger charge is 2.07. The van der Waals surface area contributed by atoms with E-state index in [-0.39, 0.29) is 11.9 Å². The van der Waals surface area contributed by atoms with E-state index in [9.17, 15) is 9.59 Å². The second kappa shape index (κ2) is 10.5. The van der Waals surface area contributed by atoms with E-state index in [0.29, 0.717) is 30.2 Å². The third-order valence-electron chi connectivity index (χ3n) is 3.51. The minimum absolute atomic E-state index is 0.279. The number of benzene rings is 2. The molecule has 0 unspecified atom stereocenters. The number of rotatable bonds is 8. The molecule has 27 heavy (non-hydrogen) atoms. The fourth-order valence-electron chi connectivity index (χ4n) is 2.25. The molecule has 0 spiro atoms. The van der Waals surface area contributed by atoms with E-state index >= 15 is 0 Å². The summed E-state index contributed by atoms with van der Waals surface area (Å²) >= 11 is 3.41. The van der Waals surface area contributed by atoms with Gasteiger partial charge in [-0.25, -0.2) is 4.79 Å². The maximum Gasteiger partial charge on any atom is 0.338 e. The van der Waals surface area contributed by atoms with Crippen LogP contribution in [0, 0.1) is 0 Å². The Labute approximate surface area is 167 Å². The minimum atomic E-state index is -0.368. The van der Waals surface area contributed by atoms with Crippen LogP contribution in [-0.2, 0) is 9.53 Å². The fourth-order valence-corrected chi connectivity index (χ4v) is 2.63. The molecule has 0 fully saturated rings. The number of hydrogen-bond donors (Lipinski definition) is 1. The Balaban J connectivity index is 2.00. The lowest BCUT2D eigenvalue weighted by molar-refractivity contribution is -0.111. The molecule has 1 amide bonds. The van der Waals surface area contributed by atoms with Gasteiger partial charge in [-0.05, 0) is 61.9 Å². The quantitative estimate of drug-likeness (QED) is 0.468. The Kier molecular flexibility index (Phi) is 8.07. The Morgan fingerprint density at radius 3 is 2.52 bits per heavy atom. The first kappa shape index (κ1) is 20.7. The molecule has 0 aliphatic heterocycles. The number of esters is 1. The molecule has 1 N–H and O–H groups in total. The molecule has 6 heteroatoms. The van der Waals surface area contributed by atoms with E-state index in [2.05, 4.69) is 21.2 Å². The van der Waals surface area contributed by atoms with E-state index in [1.54, 1.807) is 30.3 Å². The standard InChI is InChI=1S/C21H22BrNO4/c1-3-13-27-21(25)15-5-9-18(10-6-15)23-20(24)12-7-16-14-17(22)8-11-19(16)26-4-2/h5-12,14H,3-4,13H2,1-2H3,(H,23,24). The van der Waals surface area contributed by atoms with Crippen LogP contribution in [0.15, 0.2) is 53.0 Å². The van der Waals surface area contributed by atoms with Crippen molar-refractivity contribution in [3.05, 3.63) is 64.1 Å². The molecular weight excluding hydrogens is 410 g/mol. The van der Waals surface area contributed by atoms with Gasteiger partial charge in [0, 0.05) is 21.8 Å². The van der Waals surface area contributed by atoms with Gasteiger partial charge in [-0.1, -0.05) is 22.9 Å². The third kappa shape index (κ3) is 6.57. The topological polar surface area (TPSA) is 64.6 Å². The number of anilines is 1. The van der Waals surface area contributed by atoms with Crippen molar-refractivity contribution >= 4 is 39.6 Å². The monoisotopic (exact) mass is 431 g/mol. The summed E-state index contributed by atoms with van der Waals surface area (Å²) in [4.78, 5) is 23.9. The third-order valence-corrected chi connectivity index (χ3v) is 4.00. The number of amides is 1. The lowest BCUT2D eigenvalue weighted by atomic mass is 10.2. The lowest BCUT2D eigenvalue weighted by Gasteiger charge is -2.08. The molecule has 0 radical (unpaired) electrons. The molecule has 0 aliphatic rings. The number of halogens is 1. The number of ether oxygens (including phenoxy) is 2. The molecule has 0 aromatic heterocycles. The Morgan fingerprint density at radius 2 is 1.85 bits per heavy atom. The average Bonchev–Trinajstić information content (AvgIpc) is 2.67. The van der Waals surface area contributed by atoms with Gasteiger partial charge in [0.2, 0.25) is 5.91 Å². The molecule has 5 nitrogen and oxygen atoms in total. The molecule has 142 valence electrons. The molecule has 0 aliphatic carbocycles. The zero-order valence-electron chi connectivity index (χ0n) is 15.3. The predicted octanol–water partition coefficient (Wildman–Crippen LogP) is 5.07. The maximum absolute atomic E-state index is 12.2. The lowest BCUT2D eigenvalue weighted by Crippen LogP contribution is -2.09. The van der Waals surface area contributed by atoms with E-state index < -0.39 is 0 Å². The van der Waals surface area contributed by atoms with Crippen molar-refractivity contribution in [1.29, 1.82) is 0 Å². The van der Waals surface area contributed by atoms with Crippen molar-refractivity contribution in [3.8, 4) is 5.75 Å². The van der Waals surface area contributed by atoms with Crippen molar-refractivity contribution in [2.75, 3.05) is 18.5 Å². The summed E-state index contributed by atoms with van der Waals surface area (Å²) in [6.45, 7) is 4.78. The van der Waals surface area contributed by atoms with Crippen LogP contribution in [0.4, 0.5) is 5.69 Å². The van der Waals surface area contributed by atoms with Crippen LogP contribution in [0.5, 0.6) is 5.75 Å². The van der Waals surface area contributed by atoms with Gasteiger partial charge in [0.1, 0.15) is 5.75 Å². The van der Waals surface area contributed by atoms with Gasteiger partial charge in [-0.2, -0.15) is 0 Å². The molecule has 2 aromatic rings. The van der Waals surface area contributed by atoms with Crippen LogP contribution in [0.1, 0.15) is 36.2 Å². The Hall–Kier alpha value is -2.60. The van der Waals surface area contributed by atoms with Gasteiger partial charge in [0.15, 0.2) is 0 Å². The van der Waals surface area contributed by atoms with Gasteiger partial charge in [0.05, 0.1) is 18.8 Å². The summed E-state index contributed by atoms with van der Waals surface area (Å²) in [6, 6.07) is 12.2. The van der Waals surface area contributed by atoms with Gasteiger partial charge in [-0.15, -0.1) is 0 Å². The van der Waals surface area contributed by atoms with Crippen LogP contribution < -0.4 is 10.1 Å². The highest BCUT2D eigenvalue weighted by atomic mass is 79.9. The molecule has 0 bridgehead atoms. The SMILES string of the molecule is CCCOC(=O)c1ccc(NC(=O)C=Cc2cc(Br)ccc2OCC)cc1. The molecule has 0 atom stereocenters. The van der Waals surface area contributed by atoms with Crippen molar-refractivity contribution in [2.45, 2.75) is 20.3 Å². The van der Waals surface area contributed by atoms with Crippen LogP contribution in [0.25, 0.3) is 6.08 Å². The second-order valence-electron chi connectivity index (χ2n) is 5.65. The zero-order chi connectivity index (χ0) is 19.6. The molecule has 2 rings (SSSR count). The van der Waals surface area contributed by atoms with Gasteiger partial charge < -0.3 is 14.8 Å². The van der Waals surface area contributed by atoms with Crippen LogP contribution in [0.3, 0.4) is 0 Å². The van der Waals surface area contributed by atoms with Crippen molar-refractivity contribution in [3.63, 3.8) is 0 Å². The first-order valence-electron chi connectivity index (χ1n) is 8.72. The van der Waals surface area contributed by atoms with E-state index in [1.165, 1.54) is 6.08 Å². The Morgan fingerprint density at radius 1 is 1.11 bits per heavy atom. The van der Waals surface area contributed by atoms with Crippen molar-refractivity contribution < 1.29 is 19.1 Å². The fraction of sp³-hybridized carbons (Fsp3) is 0.238. The van der Waals surface area contributed by atoms with E-state index in [1.807, 2.05) is 32.0 Å². The summed E-state index contributed by atoms with van der Waals surface area (Å²) in [7, 11) is 0. The summed E-state index contributed by atoms with van der Waals surface area (Å²) in [6.07, 6.45) is 3.91. The number of carbonyl (C=O) groups excluding carboxylic acids is 2. The number of hydrogen-bond acceptors (Lipinski definition) is 4. The first-order chi connectivity index (χ1) is 13.0. The van der Waals surface area contributed by atoms with Crippen LogP contribution in [0.2, 0.25) is 0 Å². The molecule has 2 aromatic carbocycles. The molecule has 0 saturated carbocycles. The van der Waals surface area contributed by atoms with Crippen LogP contribution in [-0.4, -0.2) is 25.1 Å². The highest BCUT2D eigenvalue weighted by Crippen LogP contribution is 2.24. The highest BCUT2D eigenvalue weighted by molar-refractivity contribution is 9.10. The number of nitrogens with one attached hydrogen (secondary N) is 1. The average molecular weight is 432 g/mol. The summed E-state index contributed by atoms with van der Waals surface area (Å²) < 4.78 is 11.5. The van der Waals surface area contributed by atoms with Crippen molar-refractivity contribution in [1.82, 2.24) is 0 Å². The Bertz CT molecular complexity index is 815. The minimum Gasteiger partial charge on any atom is -0.493 e. The smallest absolute Gasteiger partial charge is 0.338 e. The van der Waals surface area contributed by atoms with Crippen LogP contribution >= 0.6 is 15.9 Å². The van der Waals surface area contributed by atoms with Gasteiger partial charge in [-0.3, -0.25) is 4.79 Å². The molecule has 0 heterocycles. The summed E-state index contributed by atoms with van der Waals surface area (Å²) in [5.74, 6) is 0.0613. The van der Waals surface area contributed by atoms with Crippen molar-refractivity contribution in [2.24, 2.45) is 0 Å². The molecular formula is C21H22BrNO4. The van der Waals surface area contributed by atoms with Gasteiger partial charge >= 0.3 is 5.97 Å². The van der Waals surface area contributed by atoms with E-state index in [0.717, 1.165) is 16.5 Å². The van der Waals surface area contributed by atoms with Gasteiger partial charge in [0.25, 0.3) is 0 Å². The maximum atomic E-state index is 12.2. The second-order valence-corrected chi connectivity index (χ2v) is 6.57. The summed E-state index contributed by atoms with van der Waals surface area (Å²) in [5, 5.41) is 2.76. The zero-order valence-corrected chi connectivity index (χ0v) is 16.9. The van der Waals surface area contributed by atoms with E-state index in [4.69, 9.17) is 9.47 Å². The normalized spacial score (nSPS) is 10.6. The summed E-state index contributed by atoms with van der Waals surface area (Å²) in [5.41, 5.74) is 1.85.